The summed E-state index contributed by atoms with van der Waals surface area (Å²) in [6.45, 7) is 0. The second kappa shape index (κ2) is 3.31. The van der Waals surface area contributed by atoms with Crippen LogP contribution in [0.15, 0.2) is 0 Å². The summed E-state index contributed by atoms with van der Waals surface area (Å²) in [5, 5.41) is 0. The first-order valence-corrected chi connectivity index (χ1v) is 7.89. The number of fused-ring (bicyclic) bond motifs is 1. The number of ether oxygens (including phenoxy) is 3. The van der Waals surface area contributed by atoms with Crippen molar-refractivity contribution in [2.75, 3.05) is 0 Å². The monoisotopic (exact) mass is 250 g/mol. The second-order valence-electron chi connectivity index (χ2n) is 6.97. The molecule has 5 fully saturated rings. The molecule has 0 aromatic heterocycles. The van der Waals surface area contributed by atoms with Gasteiger partial charge in [-0.3, -0.25) is 0 Å². The Kier molecular flexibility index (Phi) is 1.95. The van der Waals surface area contributed by atoms with Crippen molar-refractivity contribution in [2.24, 2.45) is 11.8 Å². The summed E-state index contributed by atoms with van der Waals surface area (Å²) in [7, 11) is 0. The maximum Gasteiger partial charge on any atom is 0.287 e. The van der Waals surface area contributed by atoms with Crippen molar-refractivity contribution in [3.05, 3.63) is 0 Å². The lowest BCUT2D eigenvalue weighted by Gasteiger charge is -2.55. The van der Waals surface area contributed by atoms with Crippen molar-refractivity contribution in [3.8, 4) is 0 Å². The van der Waals surface area contributed by atoms with E-state index in [-0.39, 0.29) is 5.60 Å². The van der Waals surface area contributed by atoms with E-state index in [1.165, 1.54) is 57.8 Å². The third-order valence-corrected chi connectivity index (χ3v) is 6.20. The third-order valence-electron chi connectivity index (χ3n) is 6.20. The fourth-order valence-corrected chi connectivity index (χ4v) is 5.27. The molecular formula is C15H22O3. The van der Waals surface area contributed by atoms with Gasteiger partial charge < -0.3 is 14.2 Å². The molecule has 18 heavy (non-hydrogen) atoms. The molecule has 5 unspecified atom stereocenters. The van der Waals surface area contributed by atoms with Crippen LogP contribution in [0, 0.1) is 11.8 Å². The van der Waals surface area contributed by atoms with Crippen molar-refractivity contribution >= 4 is 0 Å². The van der Waals surface area contributed by atoms with Gasteiger partial charge in [-0.25, -0.2) is 0 Å². The lowest BCUT2D eigenvalue weighted by Crippen LogP contribution is -2.66. The van der Waals surface area contributed by atoms with E-state index in [0.717, 1.165) is 0 Å². The van der Waals surface area contributed by atoms with Crippen LogP contribution in [0.3, 0.4) is 0 Å². The highest BCUT2D eigenvalue weighted by atomic mass is 16.9. The van der Waals surface area contributed by atoms with Crippen molar-refractivity contribution in [2.45, 2.75) is 81.6 Å². The van der Waals surface area contributed by atoms with Crippen LogP contribution in [0.4, 0.5) is 0 Å². The molecule has 100 valence electrons. The average molecular weight is 250 g/mol. The highest BCUT2D eigenvalue weighted by Gasteiger charge is 2.78. The van der Waals surface area contributed by atoms with Crippen LogP contribution in [0.2, 0.25) is 0 Å². The Hall–Kier alpha value is -0.120. The Morgan fingerprint density at radius 3 is 2.33 bits per heavy atom. The van der Waals surface area contributed by atoms with Crippen LogP contribution < -0.4 is 0 Å². The molecule has 5 rings (SSSR count). The van der Waals surface area contributed by atoms with Gasteiger partial charge >= 0.3 is 0 Å². The van der Waals surface area contributed by atoms with Crippen molar-refractivity contribution in [3.63, 3.8) is 0 Å². The van der Waals surface area contributed by atoms with E-state index in [1.54, 1.807) is 0 Å². The molecule has 2 heterocycles. The van der Waals surface area contributed by atoms with E-state index in [9.17, 15) is 0 Å². The van der Waals surface area contributed by atoms with Gasteiger partial charge in [-0.1, -0.05) is 25.7 Å². The minimum Gasteiger partial charge on any atom is -0.321 e. The summed E-state index contributed by atoms with van der Waals surface area (Å²) < 4.78 is 19.1. The smallest absolute Gasteiger partial charge is 0.287 e. The Morgan fingerprint density at radius 1 is 0.722 bits per heavy atom. The van der Waals surface area contributed by atoms with Gasteiger partial charge in [0.05, 0.1) is 12.2 Å². The van der Waals surface area contributed by atoms with Gasteiger partial charge in [-0.15, -0.1) is 0 Å². The van der Waals surface area contributed by atoms with Crippen LogP contribution in [0.1, 0.15) is 57.8 Å². The highest BCUT2D eigenvalue weighted by Crippen LogP contribution is 2.67. The first-order valence-electron chi connectivity index (χ1n) is 7.89. The van der Waals surface area contributed by atoms with Gasteiger partial charge in [-0.05, 0) is 38.0 Å². The lowest BCUT2D eigenvalue weighted by atomic mass is 9.58. The summed E-state index contributed by atoms with van der Waals surface area (Å²) in [6.07, 6.45) is 12.2. The van der Waals surface area contributed by atoms with E-state index in [2.05, 4.69) is 0 Å². The SMILES string of the molecule is C1CCC(C23OC4CCCC5CC(O2)C54O3)CC1. The first-order chi connectivity index (χ1) is 8.83. The Balaban J connectivity index is 1.50. The molecule has 2 saturated heterocycles. The highest BCUT2D eigenvalue weighted by molar-refractivity contribution is 5.20. The minimum atomic E-state index is -0.630. The third kappa shape index (κ3) is 1.05. The maximum atomic E-state index is 6.51. The lowest BCUT2D eigenvalue weighted by molar-refractivity contribution is -0.355. The largest absolute Gasteiger partial charge is 0.321 e. The minimum absolute atomic E-state index is 0.0182. The fraction of sp³-hybridized carbons (Fsp3) is 1.00. The van der Waals surface area contributed by atoms with Crippen molar-refractivity contribution < 1.29 is 14.2 Å². The number of hydrogen-bond acceptors (Lipinski definition) is 3. The molecule has 1 spiro atoms. The molecule has 2 bridgehead atoms. The van der Waals surface area contributed by atoms with Gasteiger partial charge in [0.1, 0.15) is 5.60 Å². The second-order valence-corrected chi connectivity index (χ2v) is 6.97. The summed E-state index contributed by atoms with van der Waals surface area (Å²) in [4.78, 5) is 0. The summed E-state index contributed by atoms with van der Waals surface area (Å²) in [5.41, 5.74) is -0.0182. The fourth-order valence-electron chi connectivity index (χ4n) is 5.27. The molecule has 3 nitrogen and oxygen atoms in total. The molecule has 5 aliphatic rings. The molecule has 0 aromatic carbocycles. The molecule has 0 N–H and O–H groups in total. The number of hydrogen-bond donors (Lipinski definition) is 0. The van der Waals surface area contributed by atoms with Crippen molar-refractivity contribution in [1.82, 2.24) is 0 Å². The van der Waals surface area contributed by atoms with Crippen LogP contribution in [0.5, 0.6) is 0 Å². The molecule has 3 aliphatic carbocycles. The van der Waals surface area contributed by atoms with Gasteiger partial charge in [-0.2, -0.15) is 0 Å². The van der Waals surface area contributed by atoms with Gasteiger partial charge in [0, 0.05) is 5.92 Å². The van der Waals surface area contributed by atoms with Gasteiger partial charge in [0.25, 0.3) is 5.97 Å². The predicted octanol–water partition coefficient (Wildman–Crippen LogP) is 2.98. The van der Waals surface area contributed by atoms with E-state index < -0.39 is 5.97 Å². The van der Waals surface area contributed by atoms with Crippen LogP contribution in [-0.4, -0.2) is 23.8 Å². The summed E-state index contributed by atoms with van der Waals surface area (Å²) in [5.74, 6) is 0.571. The summed E-state index contributed by atoms with van der Waals surface area (Å²) >= 11 is 0. The van der Waals surface area contributed by atoms with E-state index >= 15 is 0 Å². The van der Waals surface area contributed by atoms with Crippen LogP contribution >= 0.6 is 0 Å². The Bertz CT molecular complexity index is 378. The molecule has 0 aromatic rings. The van der Waals surface area contributed by atoms with E-state index in [0.29, 0.717) is 24.0 Å². The van der Waals surface area contributed by atoms with E-state index in [1.807, 2.05) is 0 Å². The topological polar surface area (TPSA) is 27.7 Å². The maximum absolute atomic E-state index is 6.51. The van der Waals surface area contributed by atoms with E-state index in [4.69, 9.17) is 14.2 Å². The zero-order valence-electron chi connectivity index (χ0n) is 10.9. The summed E-state index contributed by atoms with van der Waals surface area (Å²) in [6, 6.07) is 0. The molecule has 0 amide bonds. The number of rotatable bonds is 1. The standard InChI is InChI=1S/C15H22O3/c1-2-5-10(6-3-1)15-16-12-8-4-7-11-9-13(17-15)14(11,12)18-15/h10-13H,1-9H2. The van der Waals surface area contributed by atoms with Crippen LogP contribution in [-0.2, 0) is 14.2 Å². The predicted molar refractivity (Wildman–Crippen MR) is 64.8 cm³/mol. The van der Waals surface area contributed by atoms with Crippen LogP contribution in [0.25, 0.3) is 0 Å². The molecule has 0 radical (unpaired) electrons. The zero-order chi connectivity index (χ0) is 11.8. The first kappa shape index (κ1) is 10.6. The molecule has 2 aliphatic heterocycles. The Labute approximate surface area is 108 Å². The quantitative estimate of drug-likeness (QED) is 0.716. The Morgan fingerprint density at radius 2 is 1.50 bits per heavy atom. The molecular weight excluding hydrogens is 228 g/mol. The van der Waals surface area contributed by atoms with Gasteiger partial charge in [0.2, 0.25) is 0 Å². The normalized spacial score (nSPS) is 58.3. The van der Waals surface area contributed by atoms with Gasteiger partial charge in [0.15, 0.2) is 0 Å². The molecule has 5 atom stereocenters. The molecule has 3 heteroatoms. The molecule has 3 saturated carbocycles. The average Bonchev–Trinajstić information content (AvgIpc) is 2.88. The zero-order valence-corrected chi connectivity index (χ0v) is 10.9. The van der Waals surface area contributed by atoms with Crippen molar-refractivity contribution in [1.29, 1.82) is 0 Å².